The van der Waals surface area contributed by atoms with Gasteiger partial charge in [0.05, 0.1) is 18.8 Å². The minimum atomic E-state index is 0.233. The van der Waals surface area contributed by atoms with E-state index < -0.39 is 0 Å². The Morgan fingerprint density at radius 2 is 2.40 bits per heavy atom. The van der Waals surface area contributed by atoms with E-state index in [1.165, 1.54) is 0 Å². The predicted molar refractivity (Wildman–Crippen MR) is 42.0 cm³/mol. The molecule has 0 aliphatic carbocycles. The summed E-state index contributed by atoms with van der Waals surface area (Å²) in [5, 5.41) is 3.40. The molecule has 2 heteroatoms. The Kier molecular flexibility index (Phi) is 2.46. The van der Waals surface area contributed by atoms with Gasteiger partial charge in [0.2, 0.25) is 0 Å². The quantitative estimate of drug-likeness (QED) is 0.588. The zero-order valence-electron chi connectivity index (χ0n) is 6.52. The minimum absolute atomic E-state index is 0.233. The smallest absolute Gasteiger partial charge is 0.0688 e. The van der Waals surface area contributed by atoms with Gasteiger partial charge >= 0.3 is 0 Å². The van der Waals surface area contributed by atoms with Gasteiger partial charge in [-0.2, -0.15) is 0 Å². The molecule has 0 spiro atoms. The maximum Gasteiger partial charge on any atom is 0.0688 e. The standard InChI is InChI=1S/C8H15NO/c1-3-5-8(9-4-2)6-10-7-8/h3,9H,1,4-7H2,2H3. The Labute approximate surface area is 62.3 Å². The average Bonchev–Trinajstić information content (AvgIpc) is 1.84. The molecule has 58 valence electrons. The van der Waals surface area contributed by atoms with Crippen LogP contribution in [-0.2, 0) is 4.74 Å². The van der Waals surface area contributed by atoms with Crippen LogP contribution in [-0.4, -0.2) is 25.3 Å². The van der Waals surface area contributed by atoms with Gasteiger partial charge in [-0.3, -0.25) is 0 Å². The molecule has 0 atom stereocenters. The van der Waals surface area contributed by atoms with E-state index in [1.54, 1.807) is 0 Å². The van der Waals surface area contributed by atoms with Crippen LogP contribution in [0.4, 0.5) is 0 Å². The molecule has 0 radical (unpaired) electrons. The second kappa shape index (κ2) is 3.17. The van der Waals surface area contributed by atoms with Crippen LogP contribution in [0.2, 0.25) is 0 Å². The van der Waals surface area contributed by atoms with Crippen molar-refractivity contribution in [2.75, 3.05) is 19.8 Å². The fourth-order valence-electron chi connectivity index (χ4n) is 1.29. The zero-order chi connectivity index (χ0) is 7.45. The highest BCUT2D eigenvalue weighted by Gasteiger charge is 2.35. The summed E-state index contributed by atoms with van der Waals surface area (Å²) < 4.78 is 5.13. The molecule has 1 heterocycles. The number of hydrogen-bond donors (Lipinski definition) is 1. The molecule has 1 aliphatic heterocycles. The molecule has 2 nitrogen and oxygen atoms in total. The third-order valence-electron chi connectivity index (χ3n) is 1.84. The van der Waals surface area contributed by atoms with Gasteiger partial charge < -0.3 is 10.1 Å². The summed E-state index contributed by atoms with van der Waals surface area (Å²) in [6, 6.07) is 0. The molecule has 1 saturated heterocycles. The molecule has 0 aromatic rings. The number of likely N-dealkylation sites (N-methyl/N-ethyl adjacent to an activating group) is 1. The minimum Gasteiger partial charge on any atom is -0.377 e. The Morgan fingerprint density at radius 3 is 2.70 bits per heavy atom. The summed E-state index contributed by atoms with van der Waals surface area (Å²) in [5.74, 6) is 0. The lowest BCUT2D eigenvalue weighted by atomic mass is 9.93. The number of ether oxygens (including phenoxy) is 1. The Morgan fingerprint density at radius 1 is 1.70 bits per heavy atom. The molecule has 0 unspecified atom stereocenters. The number of rotatable bonds is 4. The van der Waals surface area contributed by atoms with Gasteiger partial charge in [0.15, 0.2) is 0 Å². The first-order valence-corrected chi connectivity index (χ1v) is 3.77. The summed E-state index contributed by atoms with van der Waals surface area (Å²) in [5.41, 5.74) is 0.233. The molecule has 10 heavy (non-hydrogen) atoms. The first-order chi connectivity index (χ1) is 4.83. The van der Waals surface area contributed by atoms with Crippen molar-refractivity contribution in [3.63, 3.8) is 0 Å². The SMILES string of the molecule is C=CCC1(NCC)COC1. The lowest BCUT2D eigenvalue weighted by Gasteiger charge is -2.41. The van der Waals surface area contributed by atoms with Crippen LogP contribution >= 0.6 is 0 Å². The molecule has 0 saturated carbocycles. The molecule has 0 bridgehead atoms. The normalized spacial score (nSPS) is 21.7. The summed E-state index contributed by atoms with van der Waals surface area (Å²) >= 11 is 0. The van der Waals surface area contributed by atoms with Crippen molar-refractivity contribution < 1.29 is 4.74 Å². The second-order valence-corrected chi connectivity index (χ2v) is 2.80. The maximum absolute atomic E-state index is 5.13. The zero-order valence-corrected chi connectivity index (χ0v) is 6.52. The van der Waals surface area contributed by atoms with Gasteiger partial charge in [-0.05, 0) is 13.0 Å². The Balaban J connectivity index is 2.34. The number of hydrogen-bond acceptors (Lipinski definition) is 2. The van der Waals surface area contributed by atoms with Crippen molar-refractivity contribution in [1.29, 1.82) is 0 Å². The van der Waals surface area contributed by atoms with Crippen molar-refractivity contribution in [1.82, 2.24) is 5.32 Å². The summed E-state index contributed by atoms with van der Waals surface area (Å²) in [4.78, 5) is 0. The van der Waals surface area contributed by atoms with Crippen molar-refractivity contribution in [2.24, 2.45) is 0 Å². The van der Waals surface area contributed by atoms with Gasteiger partial charge in [0.1, 0.15) is 0 Å². The summed E-state index contributed by atoms with van der Waals surface area (Å²) in [7, 11) is 0. The van der Waals surface area contributed by atoms with Crippen LogP contribution in [0.1, 0.15) is 13.3 Å². The second-order valence-electron chi connectivity index (χ2n) is 2.80. The summed E-state index contributed by atoms with van der Waals surface area (Å²) in [6.07, 6.45) is 2.96. The first-order valence-electron chi connectivity index (χ1n) is 3.77. The van der Waals surface area contributed by atoms with Crippen LogP contribution in [0.25, 0.3) is 0 Å². The van der Waals surface area contributed by atoms with Gasteiger partial charge in [-0.25, -0.2) is 0 Å². The van der Waals surface area contributed by atoms with E-state index in [0.717, 1.165) is 26.2 Å². The monoisotopic (exact) mass is 141 g/mol. The van der Waals surface area contributed by atoms with Crippen LogP contribution in [0.15, 0.2) is 12.7 Å². The van der Waals surface area contributed by atoms with E-state index in [1.807, 2.05) is 6.08 Å². The van der Waals surface area contributed by atoms with Crippen LogP contribution < -0.4 is 5.32 Å². The third-order valence-corrected chi connectivity index (χ3v) is 1.84. The molecule has 1 fully saturated rings. The van der Waals surface area contributed by atoms with E-state index >= 15 is 0 Å². The van der Waals surface area contributed by atoms with Crippen molar-refractivity contribution in [3.05, 3.63) is 12.7 Å². The third kappa shape index (κ3) is 1.39. The average molecular weight is 141 g/mol. The first kappa shape index (κ1) is 7.76. The molecular weight excluding hydrogens is 126 g/mol. The molecular formula is C8H15NO. The Hall–Kier alpha value is -0.340. The molecule has 1 aliphatic rings. The van der Waals surface area contributed by atoms with E-state index in [2.05, 4.69) is 18.8 Å². The van der Waals surface area contributed by atoms with Crippen molar-refractivity contribution in [2.45, 2.75) is 18.9 Å². The van der Waals surface area contributed by atoms with Gasteiger partial charge in [-0.15, -0.1) is 6.58 Å². The lowest BCUT2D eigenvalue weighted by molar-refractivity contribution is -0.0716. The van der Waals surface area contributed by atoms with Gasteiger partial charge in [0.25, 0.3) is 0 Å². The largest absolute Gasteiger partial charge is 0.377 e. The molecule has 0 aromatic carbocycles. The fraction of sp³-hybridized carbons (Fsp3) is 0.750. The van der Waals surface area contributed by atoms with Crippen LogP contribution in [0, 0.1) is 0 Å². The van der Waals surface area contributed by atoms with Crippen molar-refractivity contribution >= 4 is 0 Å². The predicted octanol–water partition coefficient (Wildman–Crippen LogP) is 0.941. The molecule has 1 N–H and O–H groups in total. The van der Waals surface area contributed by atoms with Crippen LogP contribution in [0.5, 0.6) is 0 Å². The highest BCUT2D eigenvalue weighted by Crippen LogP contribution is 2.20. The molecule has 0 aromatic heterocycles. The molecule has 1 rings (SSSR count). The van der Waals surface area contributed by atoms with Gasteiger partial charge in [-0.1, -0.05) is 13.0 Å². The van der Waals surface area contributed by atoms with Crippen molar-refractivity contribution in [3.8, 4) is 0 Å². The maximum atomic E-state index is 5.13. The lowest BCUT2D eigenvalue weighted by Crippen LogP contribution is -2.59. The topological polar surface area (TPSA) is 21.3 Å². The van der Waals surface area contributed by atoms with E-state index in [-0.39, 0.29) is 5.54 Å². The highest BCUT2D eigenvalue weighted by atomic mass is 16.5. The summed E-state index contributed by atoms with van der Waals surface area (Å²) in [6.45, 7) is 8.52. The van der Waals surface area contributed by atoms with Crippen LogP contribution in [0.3, 0.4) is 0 Å². The van der Waals surface area contributed by atoms with E-state index in [0.29, 0.717) is 0 Å². The molecule has 0 amide bonds. The fourth-order valence-corrected chi connectivity index (χ4v) is 1.29. The highest BCUT2D eigenvalue weighted by molar-refractivity contribution is 4.98. The van der Waals surface area contributed by atoms with E-state index in [4.69, 9.17) is 4.74 Å². The van der Waals surface area contributed by atoms with Gasteiger partial charge in [0, 0.05) is 0 Å². The Bertz CT molecular complexity index is 118. The van der Waals surface area contributed by atoms with E-state index in [9.17, 15) is 0 Å². The number of nitrogens with one attached hydrogen (secondary N) is 1.